The van der Waals surface area contributed by atoms with Crippen LogP contribution < -0.4 is 0 Å². The number of rotatable bonds is 4. The number of aromatic hydroxyl groups is 2. The van der Waals surface area contributed by atoms with Gasteiger partial charge in [0.1, 0.15) is 44.9 Å². The average Bonchev–Trinajstić information content (AvgIpc) is 3.72. The number of aromatic nitrogens is 6. The Morgan fingerprint density at radius 3 is 1.02 bits per heavy atom. The van der Waals surface area contributed by atoms with Crippen LogP contribution in [0, 0.1) is 0 Å². The smallest absolute Gasteiger partial charge is 0.146 e. The number of hydrogen-bond acceptors (Lipinski definition) is 6. The summed E-state index contributed by atoms with van der Waals surface area (Å²) in [7, 11) is 0. The van der Waals surface area contributed by atoms with Crippen molar-refractivity contribution in [2.75, 3.05) is 0 Å². The topological polar surface area (TPSA) is 102 Å². The molecule has 0 aliphatic carbocycles. The van der Waals surface area contributed by atoms with E-state index in [2.05, 4.69) is 57.6 Å². The SMILES string of the molecule is CC.CC.CC.CC.II.Oc1c(Cc2cccc(-n3nc4ccccc4n3)c2O)cccc1-n1nc2ccccc2n1. The predicted molar refractivity (Wildman–Crippen MR) is 197 cm³/mol. The monoisotopic (exact) mass is 808 g/mol. The Bertz CT molecular complexity index is 1460. The van der Waals surface area contributed by atoms with Crippen LogP contribution in [0.3, 0.4) is 0 Å². The summed E-state index contributed by atoms with van der Waals surface area (Å²) < 4.78 is 0. The van der Waals surface area contributed by atoms with Gasteiger partial charge < -0.3 is 10.2 Å². The van der Waals surface area contributed by atoms with E-state index in [-0.39, 0.29) is 11.5 Å². The fourth-order valence-corrected chi connectivity index (χ4v) is 3.90. The minimum Gasteiger partial charge on any atom is -0.505 e. The van der Waals surface area contributed by atoms with Crippen molar-refractivity contribution in [3.63, 3.8) is 0 Å². The van der Waals surface area contributed by atoms with Gasteiger partial charge in [0.2, 0.25) is 0 Å². The second kappa shape index (κ2) is 20.6. The average molecular weight is 809 g/mol. The van der Waals surface area contributed by atoms with Gasteiger partial charge in [-0.3, -0.25) is 0 Å². The van der Waals surface area contributed by atoms with Crippen LogP contribution in [0.1, 0.15) is 66.5 Å². The van der Waals surface area contributed by atoms with E-state index in [9.17, 15) is 10.2 Å². The fraction of sp³-hybridized carbons (Fsp3) is 0.273. The minimum atomic E-state index is 0.0607. The van der Waals surface area contributed by atoms with Crippen LogP contribution in [0.4, 0.5) is 0 Å². The van der Waals surface area contributed by atoms with Crippen molar-refractivity contribution in [3.05, 3.63) is 96.1 Å². The Morgan fingerprint density at radius 2 is 0.744 bits per heavy atom. The summed E-state index contributed by atoms with van der Waals surface area (Å²) in [5.41, 5.74) is 5.19. The quantitative estimate of drug-likeness (QED) is 0.172. The Morgan fingerprint density at radius 1 is 0.465 bits per heavy atom. The highest BCUT2D eigenvalue weighted by Gasteiger charge is 2.16. The summed E-state index contributed by atoms with van der Waals surface area (Å²) in [5, 5.41) is 39.8. The van der Waals surface area contributed by atoms with Crippen LogP contribution in [0.5, 0.6) is 11.5 Å². The van der Waals surface area contributed by atoms with Gasteiger partial charge in [-0.2, -0.15) is 0 Å². The normalized spacial score (nSPS) is 9.44. The van der Waals surface area contributed by atoms with Gasteiger partial charge in [-0.25, -0.2) is 0 Å². The summed E-state index contributed by atoms with van der Waals surface area (Å²) in [5.74, 6) is 0.121. The molecule has 0 aliphatic rings. The number of halogens is 2. The third kappa shape index (κ3) is 9.36. The zero-order valence-corrected chi connectivity index (χ0v) is 30.4. The molecule has 0 amide bonds. The van der Waals surface area contributed by atoms with Crippen molar-refractivity contribution in [1.29, 1.82) is 0 Å². The van der Waals surface area contributed by atoms with E-state index in [4.69, 9.17) is 0 Å². The molecule has 8 nitrogen and oxygen atoms in total. The number of nitrogens with zero attached hydrogens (tertiary/aromatic N) is 6. The molecule has 0 spiro atoms. The van der Waals surface area contributed by atoms with Crippen LogP contribution in [0.2, 0.25) is 0 Å². The Hall–Kier alpha value is -3.26. The van der Waals surface area contributed by atoms with E-state index in [0.717, 1.165) is 22.1 Å². The minimum absolute atomic E-state index is 0.0607. The van der Waals surface area contributed by atoms with Crippen molar-refractivity contribution in [2.45, 2.75) is 61.8 Å². The summed E-state index contributed by atoms with van der Waals surface area (Å²) in [6.45, 7) is 16.0. The summed E-state index contributed by atoms with van der Waals surface area (Å²) in [6, 6.07) is 25.9. The molecule has 0 saturated carbocycles. The molecule has 0 unspecified atom stereocenters. The highest BCUT2D eigenvalue weighted by molar-refractivity contribution is 15.0. The molecule has 0 radical (unpaired) electrons. The van der Waals surface area contributed by atoms with Crippen LogP contribution in [-0.2, 0) is 6.42 Å². The highest BCUT2D eigenvalue weighted by Crippen LogP contribution is 2.32. The molecule has 2 heterocycles. The maximum absolute atomic E-state index is 11.0. The fourth-order valence-electron chi connectivity index (χ4n) is 3.90. The van der Waals surface area contributed by atoms with Crippen LogP contribution in [0.15, 0.2) is 84.9 Å². The molecule has 0 fully saturated rings. The zero-order chi connectivity index (χ0) is 32.4. The molecule has 6 aromatic rings. The predicted octanol–water partition coefficient (Wildman–Crippen LogP) is 10.0. The standard InChI is InChI=1S/C25H18N6O2.4C2H6.I2/c32-24-16(7-5-13-22(24)30-26-18-9-1-2-10-19(18)27-30)15-17-8-6-14-23(25(17)33)31-28-20-11-3-4-12-21(20)29-31;5*1-2/h1-14,32-33H,15H2;4*1-2H3;. The Kier molecular flexibility index (Phi) is 18.1. The van der Waals surface area contributed by atoms with E-state index >= 15 is 0 Å². The first-order valence-electron chi connectivity index (χ1n) is 14.6. The summed E-state index contributed by atoms with van der Waals surface area (Å²) in [6.07, 6.45) is 0.306. The van der Waals surface area contributed by atoms with Crippen molar-refractivity contribution in [2.24, 2.45) is 0 Å². The molecule has 230 valence electrons. The maximum atomic E-state index is 11.0. The molecule has 10 heteroatoms. The van der Waals surface area contributed by atoms with Gasteiger partial charge in [-0.15, -0.1) is 30.0 Å². The molecule has 0 saturated heterocycles. The first-order valence-corrected chi connectivity index (χ1v) is 20.9. The molecule has 6 rings (SSSR count). The first-order chi connectivity index (χ1) is 21.2. The van der Waals surface area contributed by atoms with Crippen LogP contribution in [-0.4, -0.2) is 40.2 Å². The molecule has 43 heavy (non-hydrogen) atoms. The molecular weight excluding hydrogens is 766 g/mol. The van der Waals surface area contributed by atoms with Gasteiger partial charge in [0, 0.05) is 54.8 Å². The van der Waals surface area contributed by atoms with Gasteiger partial charge in [0.05, 0.1) is 0 Å². The van der Waals surface area contributed by atoms with Crippen LogP contribution in [0.25, 0.3) is 33.4 Å². The molecular formula is C33H42I2N6O2. The largest absolute Gasteiger partial charge is 0.505 e. The van der Waals surface area contributed by atoms with Crippen molar-refractivity contribution < 1.29 is 10.2 Å². The van der Waals surface area contributed by atoms with E-state index < -0.39 is 0 Å². The second-order valence-corrected chi connectivity index (χ2v) is 7.70. The molecule has 0 atom stereocenters. The summed E-state index contributed by atoms with van der Waals surface area (Å²) >= 11 is 4.24. The molecule has 0 aliphatic heterocycles. The lowest BCUT2D eigenvalue weighted by Crippen LogP contribution is -2.03. The second-order valence-electron chi connectivity index (χ2n) is 7.70. The van der Waals surface area contributed by atoms with Gasteiger partial charge in [0.15, 0.2) is 0 Å². The lowest BCUT2D eigenvalue weighted by Gasteiger charge is -2.12. The number of phenols is 2. The van der Waals surface area contributed by atoms with E-state index in [1.807, 2.05) is 128 Å². The van der Waals surface area contributed by atoms with Crippen molar-refractivity contribution in [1.82, 2.24) is 30.0 Å². The maximum Gasteiger partial charge on any atom is 0.146 e. The molecule has 2 N–H and O–H groups in total. The number of hydrogen-bond donors (Lipinski definition) is 2. The highest BCUT2D eigenvalue weighted by atomic mass is 128. The van der Waals surface area contributed by atoms with Gasteiger partial charge in [0.25, 0.3) is 0 Å². The van der Waals surface area contributed by atoms with Crippen molar-refractivity contribution in [3.8, 4) is 22.9 Å². The van der Waals surface area contributed by atoms with Gasteiger partial charge >= 0.3 is 0 Å². The third-order valence-corrected chi connectivity index (χ3v) is 5.58. The first kappa shape index (κ1) is 37.8. The molecule has 4 aromatic carbocycles. The zero-order valence-electron chi connectivity index (χ0n) is 26.1. The lowest BCUT2D eigenvalue weighted by atomic mass is 10.0. The van der Waals surface area contributed by atoms with Gasteiger partial charge in [-0.05, 0) is 36.4 Å². The number of phenolic OH excluding ortho intramolecular Hbond substituents is 2. The van der Waals surface area contributed by atoms with E-state index in [1.165, 1.54) is 9.59 Å². The molecule has 2 aromatic heterocycles. The third-order valence-electron chi connectivity index (χ3n) is 5.58. The lowest BCUT2D eigenvalue weighted by molar-refractivity contribution is 0.455. The van der Waals surface area contributed by atoms with Crippen LogP contribution >= 0.6 is 37.2 Å². The van der Waals surface area contributed by atoms with Crippen molar-refractivity contribution >= 4 is 59.3 Å². The Labute approximate surface area is 278 Å². The van der Waals surface area contributed by atoms with E-state index in [1.54, 1.807) is 12.1 Å². The van der Waals surface area contributed by atoms with E-state index in [0.29, 0.717) is 28.9 Å². The number of para-hydroxylation sites is 2. The van der Waals surface area contributed by atoms with Gasteiger partial charge in [-0.1, -0.05) is 104 Å². The Balaban J connectivity index is 0.000000843. The molecule has 0 bridgehead atoms. The number of fused-ring (bicyclic) bond motifs is 2. The summed E-state index contributed by atoms with van der Waals surface area (Å²) in [4.78, 5) is 2.86. The number of benzene rings is 4.